The van der Waals surface area contributed by atoms with Crippen molar-refractivity contribution < 1.29 is 80.2 Å². The van der Waals surface area contributed by atoms with Gasteiger partial charge >= 0.3 is 39.5 Å². The van der Waals surface area contributed by atoms with Crippen molar-refractivity contribution in [3.05, 3.63) is 0 Å². The highest BCUT2D eigenvalue weighted by Crippen LogP contribution is 2.45. The lowest BCUT2D eigenvalue weighted by Crippen LogP contribution is -2.30. The van der Waals surface area contributed by atoms with Gasteiger partial charge in [-0.05, 0) is 37.5 Å². The van der Waals surface area contributed by atoms with Gasteiger partial charge in [-0.15, -0.1) is 0 Å². The van der Waals surface area contributed by atoms with E-state index < -0.39 is 97.5 Å². The van der Waals surface area contributed by atoms with E-state index in [0.29, 0.717) is 25.7 Å². The molecular weight excluding hydrogens is 1190 g/mol. The van der Waals surface area contributed by atoms with Gasteiger partial charge in [0.1, 0.15) is 19.3 Å². The van der Waals surface area contributed by atoms with E-state index in [4.69, 9.17) is 37.0 Å². The molecule has 6 atom stereocenters. The van der Waals surface area contributed by atoms with Crippen molar-refractivity contribution in [1.29, 1.82) is 0 Å². The lowest BCUT2D eigenvalue weighted by atomic mass is 10.00. The summed E-state index contributed by atoms with van der Waals surface area (Å²) in [7, 11) is -9.89. The third-order valence-electron chi connectivity index (χ3n) is 16.8. The van der Waals surface area contributed by atoms with E-state index in [2.05, 4.69) is 41.5 Å². The molecule has 0 heterocycles. The lowest BCUT2D eigenvalue weighted by Gasteiger charge is -2.21. The van der Waals surface area contributed by atoms with Crippen LogP contribution in [0.2, 0.25) is 0 Å². The SMILES string of the molecule is CCCCCCCCCCCCCCCCCCCCCCCCC(=O)O[C@H](COC(=O)CCCCCCCCCCC(C)C)COP(=O)(O)OC[C@@H](O)COP(=O)(O)OC[C@@H](COC(=O)CCCCCCCCC)OC(=O)CCCCCCCCC(C)CC. The van der Waals surface area contributed by atoms with Crippen LogP contribution >= 0.6 is 15.6 Å². The molecule has 0 rings (SSSR count). The number of aliphatic hydroxyl groups is 1. The van der Waals surface area contributed by atoms with Crippen LogP contribution in [0.4, 0.5) is 0 Å². The molecule has 0 aliphatic heterocycles. The summed E-state index contributed by atoms with van der Waals surface area (Å²) in [6, 6.07) is 0. The molecule has 0 saturated heterocycles. The minimum Gasteiger partial charge on any atom is -0.462 e. The predicted octanol–water partition coefficient (Wildman–Crippen LogP) is 20.4. The Bertz CT molecular complexity index is 1750. The van der Waals surface area contributed by atoms with Crippen molar-refractivity contribution in [2.75, 3.05) is 39.6 Å². The fraction of sp³-hybridized carbons (Fsp3) is 0.944. The normalized spacial score (nSPS) is 14.4. The zero-order valence-corrected chi connectivity index (χ0v) is 60.2. The number of unbranched alkanes of at least 4 members (excludes halogenated alkanes) is 39. The highest BCUT2D eigenvalue weighted by Gasteiger charge is 2.30. The second-order valence-electron chi connectivity index (χ2n) is 26.3. The first-order chi connectivity index (χ1) is 43.4. The Kier molecular flexibility index (Phi) is 61.8. The molecule has 90 heavy (non-hydrogen) atoms. The summed E-state index contributed by atoms with van der Waals surface area (Å²) in [6.07, 6.45) is 49.1. The van der Waals surface area contributed by atoms with Crippen molar-refractivity contribution in [1.82, 2.24) is 0 Å². The first-order valence-corrected chi connectivity index (χ1v) is 40.0. The van der Waals surface area contributed by atoms with E-state index in [9.17, 15) is 43.2 Å². The number of phosphoric acid groups is 2. The highest BCUT2D eigenvalue weighted by molar-refractivity contribution is 7.47. The average molecular weight is 1330 g/mol. The van der Waals surface area contributed by atoms with Crippen LogP contribution in [0, 0.1) is 11.8 Å². The number of hydrogen-bond acceptors (Lipinski definition) is 15. The third-order valence-corrected chi connectivity index (χ3v) is 18.7. The molecule has 534 valence electrons. The average Bonchev–Trinajstić information content (AvgIpc) is 3.61. The van der Waals surface area contributed by atoms with Gasteiger partial charge in [0, 0.05) is 25.7 Å². The Balaban J connectivity index is 5.11. The largest absolute Gasteiger partial charge is 0.472 e. The second kappa shape index (κ2) is 63.1. The van der Waals surface area contributed by atoms with Crippen LogP contribution in [0.1, 0.15) is 363 Å². The van der Waals surface area contributed by atoms with E-state index >= 15 is 0 Å². The van der Waals surface area contributed by atoms with E-state index in [1.54, 1.807) is 0 Å². The summed E-state index contributed by atoms with van der Waals surface area (Å²) < 4.78 is 68.1. The van der Waals surface area contributed by atoms with Gasteiger partial charge in [0.15, 0.2) is 12.2 Å². The summed E-state index contributed by atoms with van der Waals surface area (Å²) >= 11 is 0. The van der Waals surface area contributed by atoms with Crippen molar-refractivity contribution in [3.8, 4) is 0 Å². The maximum Gasteiger partial charge on any atom is 0.472 e. The topological polar surface area (TPSA) is 237 Å². The Hall–Kier alpha value is -1.94. The Labute approximate surface area is 549 Å². The highest BCUT2D eigenvalue weighted by atomic mass is 31.2. The zero-order chi connectivity index (χ0) is 66.5. The Morgan fingerprint density at radius 3 is 0.844 bits per heavy atom. The van der Waals surface area contributed by atoms with Gasteiger partial charge in [0.25, 0.3) is 0 Å². The van der Waals surface area contributed by atoms with Crippen molar-refractivity contribution >= 4 is 39.5 Å². The Morgan fingerprint density at radius 2 is 0.567 bits per heavy atom. The first-order valence-electron chi connectivity index (χ1n) is 37.0. The van der Waals surface area contributed by atoms with Crippen LogP contribution in [0.5, 0.6) is 0 Å². The van der Waals surface area contributed by atoms with Crippen LogP contribution < -0.4 is 0 Å². The minimum atomic E-state index is -4.95. The van der Waals surface area contributed by atoms with Gasteiger partial charge in [-0.3, -0.25) is 37.3 Å². The number of ether oxygens (including phenoxy) is 4. The van der Waals surface area contributed by atoms with Gasteiger partial charge in [-0.2, -0.15) is 0 Å². The van der Waals surface area contributed by atoms with Gasteiger partial charge in [-0.25, -0.2) is 9.13 Å². The zero-order valence-electron chi connectivity index (χ0n) is 58.4. The van der Waals surface area contributed by atoms with Crippen LogP contribution in [-0.4, -0.2) is 96.7 Å². The van der Waals surface area contributed by atoms with E-state index in [1.165, 1.54) is 167 Å². The molecule has 0 aromatic heterocycles. The van der Waals surface area contributed by atoms with Crippen LogP contribution in [0.25, 0.3) is 0 Å². The van der Waals surface area contributed by atoms with E-state index in [0.717, 1.165) is 115 Å². The number of carbonyl (C=O) groups excluding carboxylic acids is 4. The molecule has 0 spiro atoms. The molecule has 0 fully saturated rings. The number of hydrogen-bond donors (Lipinski definition) is 3. The fourth-order valence-corrected chi connectivity index (χ4v) is 12.3. The van der Waals surface area contributed by atoms with Crippen LogP contribution in [0.3, 0.4) is 0 Å². The van der Waals surface area contributed by atoms with Gasteiger partial charge < -0.3 is 33.8 Å². The van der Waals surface area contributed by atoms with Crippen molar-refractivity contribution in [3.63, 3.8) is 0 Å². The quantitative estimate of drug-likeness (QED) is 0.0222. The third kappa shape index (κ3) is 63.5. The molecule has 3 N–H and O–H groups in total. The summed E-state index contributed by atoms with van der Waals surface area (Å²) in [5.41, 5.74) is 0. The molecule has 0 aliphatic rings. The predicted molar refractivity (Wildman–Crippen MR) is 363 cm³/mol. The molecule has 0 radical (unpaired) electrons. The number of aliphatic hydroxyl groups excluding tert-OH is 1. The standard InChI is InChI=1S/C71H138O17P2/c1-7-10-12-14-16-17-18-19-20-21-22-23-24-25-26-27-28-29-30-36-43-49-55-70(75)87-66(60-82-69(74)54-48-42-35-32-31-34-39-45-51-63(4)5)61-85-89(77,78)83-57-65(72)58-84-90(79,80)86-62-67(59-81-68(73)53-47-41-33-15-13-11-8-2)88-71(76)56-50-44-38-37-40-46-52-64(6)9-3/h63-67,72H,7-62H2,1-6H3,(H,77,78)(H,79,80)/t64?,65-,66-,67-/m1/s1. The van der Waals surface area contributed by atoms with Gasteiger partial charge in [0.2, 0.25) is 0 Å². The van der Waals surface area contributed by atoms with E-state index in [1.807, 2.05) is 0 Å². The number of phosphoric ester groups is 2. The molecule has 0 bridgehead atoms. The molecule has 0 aromatic carbocycles. The molecule has 3 unspecified atom stereocenters. The number of carbonyl (C=O) groups is 4. The number of esters is 4. The number of rotatable bonds is 70. The second-order valence-corrected chi connectivity index (χ2v) is 29.3. The van der Waals surface area contributed by atoms with Crippen LogP contribution in [-0.2, 0) is 65.4 Å². The fourth-order valence-electron chi connectivity index (χ4n) is 10.7. The first kappa shape index (κ1) is 88.1. The summed E-state index contributed by atoms with van der Waals surface area (Å²) in [4.78, 5) is 72.3. The molecule has 0 saturated carbocycles. The maximum atomic E-state index is 13.0. The minimum absolute atomic E-state index is 0.103. The van der Waals surface area contributed by atoms with Crippen LogP contribution in [0.15, 0.2) is 0 Å². The Morgan fingerprint density at radius 1 is 0.322 bits per heavy atom. The van der Waals surface area contributed by atoms with E-state index in [-0.39, 0.29) is 25.7 Å². The van der Waals surface area contributed by atoms with Gasteiger partial charge in [-0.1, -0.05) is 311 Å². The molecule has 0 aromatic rings. The molecular formula is C71H138O17P2. The summed E-state index contributed by atoms with van der Waals surface area (Å²) in [5.74, 6) is -0.687. The maximum absolute atomic E-state index is 13.0. The monoisotopic (exact) mass is 1320 g/mol. The summed E-state index contributed by atoms with van der Waals surface area (Å²) in [6.45, 7) is 9.42. The lowest BCUT2D eigenvalue weighted by molar-refractivity contribution is -0.161. The molecule has 19 heteroatoms. The molecule has 17 nitrogen and oxygen atoms in total. The van der Waals surface area contributed by atoms with Gasteiger partial charge in [0.05, 0.1) is 26.4 Å². The van der Waals surface area contributed by atoms with Crippen molar-refractivity contribution in [2.45, 2.75) is 381 Å². The molecule has 0 aliphatic carbocycles. The smallest absolute Gasteiger partial charge is 0.462 e. The molecule has 0 amide bonds. The summed E-state index contributed by atoms with van der Waals surface area (Å²) in [5, 5.41) is 10.6. The van der Waals surface area contributed by atoms with Crippen molar-refractivity contribution in [2.24, 2.45) is 11.8 Å².